The van der Waals surface area contributed by atoms with Gasteiger partial charge in [0.05, 0.1) is 12.0 Å². The number of carbonyl (C=O) groups excluding carboxylic acids is 2. The second kappa shape index (κ2) is 7.45. The number of hydrogen-bond donors (Lipinski definition) is 0. The Balaban J connectivity index is 2.12. The fraction of sp³-hybridized carbons (Fsp3) is 0.412. The molecular formula is C17H20ClNO3. The summed E-state index contributed by atoms with van der Waals surface area (Å²) in [6.07, 6.45) is 1.83. The van der Waals surface area contributed by atoms with E-state index in [1.807, 2.05) is 37.3 Å². The molecule has 2 atom stereocenters. The molecule has 22 heavy (non-hydrogen) atoms. The Morgan fingerprint density at radius 1 is 1.45 bits per heavy atom. The molecule has 1 saturated heterocycles. The average molecular weight is 322 g/mol. The van der Waals surface area contributed by atoms with E-state index in [0.29, 0.717) is 12.3 Å². The number of carbonyl (C=O) groups is 2. The smallest absolute Gasteiger partial charge is 0.417 e. The monoisotopic (exact) mass is 321 g/mol. The summed E-state index contributed by atoms with van der Waals surface area (Å²) in [5, 5.41) is 0. The molecule has 118 valence electrons. The van der Waals surface area contributed by atoms with Crippen molar-refractivity contribution in [3.8, 4) is 0 Å². The maximum atomic E-state index is 12.5. The zero-order chi connectivity index (χ0) is 16.1. The van der Waals surface area contributed by atoms with Crippen molar-refractivity contribution >= 4 is 23.6 Å². The average Bonchev–Trinajstić information content (AvgIpc) is 2.88. The Hall–Kier alpha value is -1.81. The molecule has 1 heterocycles. The van der Waals surface area contributed by atoms with Crippen LogP contribution in [0.25, 0.3) is 0 Å². The van der Waals surface area contributed by atoms with Crippen molar-refractivity contribution in [2.75, 3.05) is 12.5 Å². The lowest BCUT2D eigenvalue weighted by atomic mass is 10.0. The summed E-state index contributed by atoms with van der Waals surface area (Å²) in [4.78, 5) is 25.7. The van der Waals surface area contributed by atoms with E-state index in [9.17, 15) is 9.59 Å². The largest absolute Gasteiger partial charge is 0.447 e. The Labute approximate surface area is 135 Å². The van der Waals surface area contributed by atoms with Crippen LogP contribution in [0.15, 0.2) is 42.0 Å². The van der Waals surface area contributed by atoms with Gasteiger partial charge in [-0.25, -0.2) is 9.69 Å². The Morgan fingerprint density at radius 3 is 2.77 bits per heavy atom. The number of halogens is 1. The molecule has 0 radical (unpaired) electrons. The van der Waals surface area contributed by atoms with E-state index in [-0.39, 0.29) is 18.6 Å². The van der Waals surface area contributed by atoms with Gasteiger partial charge < -0.3 is 4.74 Å². The lowest BCUT2D eigenvalue weighted by Gasteiger charge is -2.22. The lowest BCUT2D eigenvalue weighted by Crippen LogP contribution is -2.42. The Morgan fingerprint density at radius 2 is 2.14 bits per heavy atom. The van der Waals surface area contributed by atoms with Crippen molar-refractivity contribution in [2.24, 2.45) is 5.92 Å². The van der Waals surface area contributed by atoms with Gasteiger partial charge in [-0.1, -0.05) is 48.9 Å². The minimum absolute atomic E-state index is 0.240. The normalized spacial score (nSPS) is 20.0. The van der Waals surface area contributed by atoms with Crippen molar-refractivity contribution < 1.29 is 14.3 Å². The molecule has 0 aliphatic carbocycles. The fourth-order valence-electron chi connectivity index (χ4n) is 2.53. The minimum Gasteiger partial charge on any atom is -0.447 e. The summed E-state index contributed by atoms with van der Waals surface area (Å²) in [5.41, 5.74) is 1.98. The molecular weight excluding hydrogens is 302 g/mol. The summed E-state index contributed by atoms with van der Waals surface area (Å²) in [7, 11) is 0. The quantitative estimate of drug-likeness (QED) is 0.617. The van der Waals surface area contributed by atoms with Gasteiger partial charge in [-0.2, -0.15) is 0 Å². The maximum Gasteiger partial charge on any atom is 0.417 e. The van der Waals surface area contributed by atoms with Crippen LogP contribution in [-0.2, 0) is 16.0 Å². The topological polar surface area (TPSA) is 46.6 Å². The molecule has 2 amide bonds. The van der Waals surface area contributed by atoms with Crippen molar-refractivity contribution in [2.45, 2.75) is 26.3 Å². The second-order valence-corrected chi connectivity index (χ2v) is 5.83. The molecule has 4 nitrogen and oxygen atoms in total. The van der Waals surface area contributed by atoms with Crippen molar-refractivity contribution in [3.63, 3.8) is 0 Å². The fourth-order valence-corrected chi connectivity index (χ4v) is 2.62. The lowest BCUT2D eigenvalue weighted by molar-refractivity contribution is -0.131. The van der Waals surface area contributed by atoms with E-state index in [4.69, 9.17) is 16.3 Å². The van der Waals surface area contributed by atoms with Gasteiger partial charge in [0.25, 0.3) is 0 Å². The molecule has 0 N–H and O–H groups in total. The predicted molar refractivity (Wildman–Crippen MR) is 85.8 cm³/mol. The molecule has 0 spiro atoms. The van der Waals surface area contributed by atoms with E-state index in [2.05, 4.69) is 0 Å². The first-order chi connectivity index (χ1) is 10.5. The van der Waals surface area contributed by atoms with E-state index < -0.39 is 12.0 Å². The van der Waals surface area contributed by atoms with Crippen LogP contribution in [0.3, 0.4) is 0 Å². The van der Waals surface area contributed by atoms with Gasteiger partial charge in [0.2, 0.25) is 5.91 Å². The first kappa shape index (κ1) is 16.6. The number of cyclic esters (lactones) is 1. The number of alkyl halides is 1. The van der Waals surface area contributed by atoms with Crippen LogP contribution < -0.4 is 0 Å². The molecule has 0 aromatic heterocycles. The number of imide groups is 1. The van der Waals surface area contributed by atoms with Crippen LogP contribution in [0.1, 0.15) is 19.4 Å². The third kappa shape index (κ3) is 3.89. The summed E-state index contributed by atoms with van der Waals surface area (Å²) >= 11 is 5.74. The SMILES string of the molecule is C/C(=C\[C@@H](C)C(=O)N1C(=O)OCC1Cc1ccccc1)CCl. The van der Waals surface area contributed by atoms with Crippen LogP contribution in [0.4, 0.5) is 4.79 Å². The number of amides is 2. The number of rotatable bonds is 5. The molecule has 5 heteroatoms. The van der Waals surface area contributed by atoms with Gasteiger partial charge >= 0.3 is 6.09 Å². The molecule has 1 aliphatic rings. The minimum atomic E-state index is -0.560. The van der Waals surface area contributed by atoms with E-state index in [0.717, 1.165) is 11.1 Å². The van der Waals surface area contributed by atoms with Crippen molar-refractivity contribution in [1.29, 1.82) is 0 Å². The van der Waals surface area contributed by atoms with E-state index in [1.165, 1.54) is 4.90 Å². The highest BCUT2D eigenvalue weighted by Gasteiger charge is 2.39. The second-order valence-electron chi connectivity index (χ2n) is 5.56. The maximum absolute atomic E-state index is 12.5. The van der Waals surface area contributed by atoms with Crippen LogP contribution in [0.5, 0.6) is 0 Å². The molecule has 0 saturated carbocycles. The van der Waals surface area contributed by atoms with Crippen molar-refractivity contribution in [1.82, 2.24) is 4.90 Å². The number of ether oxygens (including phenoxy) is 1. The molecule has 2 rings (SSSR count). The van der Waals surface area contributed by atoms with Gasteiger partial charge in [0, 0.05) is 5.88 Å². The first-order valence-corrected chi connectivity index (χ1v) is 7.83. The number of allylic oxidation sites excluding steroid dienone is 1. The van der Waals surface area contributed by atoms with Gasteiger partial charge in [-0.05, 0) is 18.9 Å². The predicted octanol–water partition coefficient (Wildman–Crippen LogP) is 3.40. The Kier molecular flexibility index (Phi) is 5.61. The van der Waals surface area contributed by atoms with Gasteiger partial charge in [0.1, 0.15) is 6.61 Å². The molecule has 0 bridgehead atoms. The molecule has 1 aromatic rings. The van der Waals surface area contributed by atoms with Crippen LogP contribution in [-0.4, -0.2) is 35.4 Å². The van der Waals surface area contributed by atoms with E-state index >= 15 is 0 Å². The molecule has 1 fully saturated rings. The van der Waals surface area contributed by atoms with Crippen LogP contribution in [0, 0.1) is 5.92 Å². The number of benzene rings is 1. The standard InChI is InChI=1S/C17H20ClNO3/c1-12(10-18)8-13(2)16(20)19-15(11-22-17(19)21)9-14-6-4-3-5-7-14/h3-8,13,15H,9-11H2,1-2H3/b12-8+/t13-,15?/m1/s1. The summed E-state index contributed by atoms with van der Waals surface area (Å²) in [5.74, 6) is -0.272. The highest BCUT2D eigenvalue weighted by atomic mass is 35.5. The summed E-state index contributed by atoms with van der Waals surface area (Å²) in [6, 6.07) is 9.51. The number of hydrogen-bond acceptors (Lipinski definition) is 3. The first-order valence-electron chi connectivity index (χ1n) is 7.30. The third-order valence-electron chi connectivity index (χ3n) is 3.65. The van der Waals surface area contributed by atoms with Gasteiger partial charge in [-0.15, -0.1) is 11.6 Å². The summed E-state index contributed by atoms with van der Waals surface area (Å²) in [6.45, 7) is 3.87. The zero-order valence-corrected chi connectivity index (χ0v) is 13.5. The highest BCUT2D eigenvalue weighted by Crippen LogP contribution is 2.21. The van der Waals surface area contributed by atoms with E-state index in [1.54, 1.807) is 13.0 Å². The van der Waals surface area contributed by atoms with Crippen LogP contribution in [0.2, 0.25) is 0 Å². The zero-order valence-electron chi connectivity index (χ0n) is 12.8. The molecule has 1 aromatic carbocycles. The number of nitrogens with zero attached hydrogens (tertiary/aromatic N) is 1. The summed E-state index contributed by atoms with van der Waals surface area (Å²) < 4.78 is 5.07. The van der Waals surface area contributed by atoms with Gasteiger partial charge in [0.15, 0.2) is 0 Å². The molecule has 1 aliphatic heterocycles. The van der Waals surface area contributed by atoms with Crippen LogP contribution >= 0.6 is 11.6 Å². The van der Waals surface area contributed by atoms with Crippen molar-refractivity contribution in [3.05, 3.63) is 47.5 Å². The highest BCUT2D eigenvalue weighted by molar-refractivity contribution is 6.19. The Bertz CT molecular complexity index is 571. The third-order valence-corrected chi connectivity index (χ3v) is 4.07. The molecule has 1 unspecified atom stereocenters. The van der Waals surface area contributed by atoms with Gasteiger partial charge in [-0.3, -0.25) is 4.79 Å².